The second-order valence-electron chi connectivity index (χ2n) is 7.01. The number of imidazole rings is 1. The van der Waals surface area contributed by atoms with Gasteiger partial charge >= 0.3 is 0 Å². The van der Waals surface area contributed by atoms with E-state index in [0.717, 1.165) is 22.5 Å². The van der Waals surface area contributed by atoms with Gasteiger partial charge in [0.2, 0.25) is 5.91 Å². The Morgan fingerprint density at radius 2 is 1.93 bits per heavy atom. The molecule has 0 aliphatic heterocycles. The maximum Gasteiger partial charge on any atom is 0.230 e. The lowest BCUT2D eigenvalue weighted by Gasteiger charge is -2.09. The van der Waals surface area contributed by atoms with E-state index in [0.29, 0.717) is 22.0 Å². The van der Waals surface area contributed by atoms with Gasteiger partial charge in [-0.15, -0.1) is 0 Å². The van der Waals surface area contributed by atoms with Crippen molar-refractivity contribution in [3.63, 3.8) is 0 Å². The van der Waals surface area contributed by atoms with Crippen LogP contribution in [0.2, 0.25) is 5.02 Å². The van der Waals surface area contributed by atoms with E-state index in [-0.39, 0.29) is 18.1 Å². The number of nitrogens with one attached hydrogen (secondary N) is 1. The van der Waals surface area contributed by atoms with E-state index in [1.807, 2.05) is 35.7 Å². The quantitative estimate of drug-likeness (QED) is 0.479. The van der Waals surface area contributed by atoms with Gasteiger partial charge in [0.15, 0.2) is 0 Å². The molecular weight excluding hydrogens is 389 g/mol. The Balaban J connectivity index is 1.77. The lowest BCUT2D eigenvalue weighted by atomic mass is 10.1. The van der Waals surface area contributed by atoms with E-state index in [4.69, 9.17) is 16.6 Å². The van der Waals surface area contributed by atoms with Crippen molar-refractivity contribution in [3.05, 3.63) is 88.5 Å². The largest absolute Gasteiger partial charge is 0.324 e. The van der Waals surface area contributed by atoms with Crippen molar-refractivity contribution in [2.45, 2.75) is 20.3 Å². The van der Waals surface area contributed by atoms with E-state index >= 15 is 0 Å². The molecule has 0 saturated carbocycles. The van der Waals surface area contributed by atoms with Gasteiger partial charge in [-0.3, -0.25) is 4.79 Å². The average Bonchev–Trinajstić information content (AvgIpc) is 3.03. The number of hydrogen-bond donors (Lipinski definition) is 1. The number of carbonyl (C=O) groups is 1. The minimum Gasteiger partial charge on any atom is -0.324 e. The second kappa shape index (κ2) is 7.68. The molecule has 2 aromatic carbocycles. The van der Waals surface area contributed by atoms with Crippen molar-refractivity contribution in [3.8, 4) is 11.3 Å². The molecule has 0 fully saturated rings. The van der Waals surface area contributed by atoms with Crippen LogP contribution in [0.5, 0.6) is 0 Å². The topological polar surface area (TPSA) is 46.4 Å². The molecule has 1 N–H and O–H groups in total. The first kappa shape index (κ1) is 19.2. The van der Waals surface area contributed by atoms with E-state index in [2.05, 4.69) is 5.32 Å². The molecule has 0 bridgehead atoms. The number of amides is 1. The van der Waals surface area contributed by atoms with Crippen molar-refractivity contribution < 1.29 is 9.18 Å². The minimum atomic E-state index is -0.272. The van der Waals surface area contributed by atoms with Crippen LogP contribution < -0.4 is 5.32 Å². The summed E-state index contributed by atoms with van der Waals surface area (Å²) in [5.74, 6) is -0.479. The zero-order valence-electron chi connectivity index (χ0n) is 16.0. The number of para-hydroxylation sites is 1. The van der Waals surface area contributed by atoms with Crippen LogP contribution in [0.1, 0.15) is 16.8 Å². The number of aromatic nitrogens is 2. The van der Waals surface area contributed by atoms with Crippen molar-refractivity contribution in [1.82, 2.24) is 9.38 Å². The predicted octanol–water partition coefficient (Wildman–Crippen LogP) is 5.59. The zero-order chi connectivity index (χ0) is 20.5. The average molecular weight is 408 g/mol. The summed E-state index contributed by atoms with van der Waals surface area (Å²) in [6.07, 6.45) is 2.04. The Labute approximate surface area is 173 Å². The van der Waals surface area contributed by atoms with Gasteiger partial charge in [-0.25, -0.2) is 9.37 Å². The van der Waals surface area contributed by atoms with Gasteiger partial charge in [0.1, 0.15) is 11.5 Å². The fourth-order valence-corrected chi connectivity index (χ4v) is 3.48. The number of anilines is 1. The van der Waals surface area contributed by atoms with Crippen LogP contribution >= 0.6 is 11.6 Å². The summed E-state index contributed by atoms with van der Waals surface area (Å²) < 4.78 is 15.7. The molecule has 2 aromatic heterocycles. The molecule has 0 saturated heterocycles. The highest BCUT2D eigenvalue weighted by Crippen LogP contribution is 2.28. The lowest BCUT2D eigenvalue weighted by molar-refractivity contribution is -0.115. The minimum absolute atomic E-state index is 0.0988. The maximum atomic E-state index is 13.8. The van der Waals surface area contributed by atoms with Crippen LogP contribution in [0.4, 0.5) is 10.1 Å². The summed E-state index contributed by atoms with van der Waals surface area (Å²) in [5, 5.41) is 3.33. The molecule has 146 valence electrons. The third-order valence-corrected chi connectivity index (χ3v) is 5.10. The van der Waals surface area contributed by atoms with Crippen molar-refractivity contribution >= 4 is 28.8 Å². The molecule has 4 nitrogen and oxygen atoms in total. The Hall–Kier alpha value is -3.18. The highest BCUT2D eigenvalue weighted by molar-refractivity contribution is 6.33. The maximum absolute atomic E-state index is 13.8. The molecule has 0 aliphatic rings. The van der Waals surface area contributed by atoms with Crippen LogP contribution in [-0.2, 0) is 11.2 Å². The molecule has 0 spiro atoms. The van der Waals surface area contributed by atoms with E-state index in [1.54, 1.807) is 37.3 Å². The predicted molar refractivity (Wildman–Crippen MR) is 114 cm³/mol. The number of nitrogens with zero attached hydrogens (tertiary/aromatic N) is 2. The van der Waals surface area contributed by atoms with E-state index in [9.17, 15) is 9.18 Å². The van der Waals surface area contributed by atoms with Gasteiger partial charge in [0.05, 0.1) is 28.5 Å². The van der Waals surface area contributed by atoms with Gasteiger partial charge < -0.3 is 9.72 Å². The molecular formula is C23H19ClFN3O. The zero-order valence-corrected chi connectivity index (χ0v) is 16.8. The fraction of sp³-hybridized carbons (Fsp3) is 0.130. The molecule has 4 aromatic rings. The third-order valence-electron chi connectivity index (χ3n) is 4.77. The highest BCUT2D eigenvalue weighted by Gasteiger charge is 2.18. The third kappa shape index (κ3) is 3.87. The van der Waals surface area contributed by atoms with Gasteiger partial charge in [0, 0.05) is 11.8 Å². The van der Waals surface area contributed by atoms with E-state index in [1.165, 1.54) is 6.07 Å². The first-order valence-corrected chi connectivity index (χ1v) is 9.58. The number of benzene rings is 2. The number of carbonyl (C=O) groups excluding carboxylic acids is 1. The number of pyridine rings is 1. The summed E-state index contributed by atoms with van der Waals surface area (Å²) >= 11 is 6.16. The Bertz CT molecular complexity index is 1230. The first-order valence-electron chi connectivity index (χ1n) is 9.21. The second-order valence-corrected chi connectivity index (χ2v) is 7.42. The summed E-state index contributed by atoms with van der Waals surface area (Å²) in [6, 6.07) is 15.8. The standard InChI is InChI=1S/C23H19ClFN3O/c1-14-7-10-21-27-23(16-8-9-18(25)15(2)11-16)20(28(21)13-14)12-22(29)26-19-6-4-3-5-17(19)24/h3-11,13H,12H2,1-2H3,(H,26,29). The van der Waals surface area contributed by atoms with Crippen LogP contribution in [-0.4, -0.2) is 15.3 Å². The van der Waals surface area contributed by atoms with Crippen LogP contribution in [0.15, 0.2) is 60.8 Å². The molecule has 0 unspecified atom stereocenters. The smallest absolute Gasteiger partial charge is 0.230 e. The Kier molecular flexibility index (Phi) is 5.07. The summed E-state index contributed by atoms with van der Waals surface area (Å²) in [7, 11) is 0. The van der Waals surface area contributed by atoms with Crippen molar-refractivity contribution in [1.29, 1.82) is 0 Å². The van der Waals surface area contributed by atoms with Crippen molar-refractivity contribution in [2.75, 3.05) is 5.32 Å². The Morgan fingerprint density at radius 3 is 2.69 bits per heavy atom. The van der Waals surface area contributed by atoms with Gasteiger partial charge in [-0.05, 0) is 61.4 Å². The summed E-state index contributed by atoms with van der Waals surface area (Å²) in [5.41, 5.74) is 5.03. The number of aryl methyl sites for hydroxylation is 2. The van der Waals surface area contributed by atoms with E-state index < -0.39 is 0 Å². The van der Waals surface area contributed by atoms with Crippen LogP contribution in [0.25, 0.3) is 16.9 Å². The van der Waals surface area contributed by atoms with Crippen LogP contribution in [0.3, 0.4) is 0 Å². The summed E-state index contributed by atoms with van der Waals surface area (Å²) in [6.45, 7) is 3.69. The normalized spacial score (nSPS) is 11.0. The monoisotopic (exact) mass is 407 g/mol. The highest BCUT2D eigenvalue weighted by atomic mass is 35.5. The number of fused-ring (bicyclic) bond motifs is 1. The molecule has 0 radical (unpaired) electrons. The molecule has 4 rings (SSSR count). The fourth-order valence-electron chi connectivity index (χ4n) is 3.30. The molecule has 0 atom stereocenters. The van der Waals surface area contributed by atoms with Gasteiger partial charge in [-0.2, -0.15) is 0 Å². The Morgan fingerprint density at radius 1 is 1.14 bits per heavy atom. The molecule has 0 aliphatic carbocycles. The number of halogens is 2. The van der Waals surface area contributed by atoms with Crippen LogP contribution in [0, 0.1) is 19.7 Å². The first-order chi connectivity index (χ1) is 13.9. The lowest BCUT2D eigenvalue weighted by Crippen LogP contribution is -2.16. The molecule has 6 heteroatoms. The molecule has 1 amide bonds. The molecule has 2 heterocycles. The van der Waals surface area contributed by atoms with Gasteiger partial charge in [0.25, 0.3) is 0 Å². The molecule has 29 heavy (non-hydrogen) atoms. The SMILES string of the molecule is Cc1ccc2nc(-c3ccc(F)c(C)c3)c(CC(=O)Nc3ccccc3Cl)n2c1. The summed E-state index contributed by atoms with van der Waals surface area (Å²) in [4.78, 5) is 17.5. The van der Waals surface area contributed by atoms with Crippen molar-refractivity contribution in [2.24, 2.45) is 0 Å². The number of hydrogen-bond acceptors (Lipinski definition) is 2. The van der Waals surface area contributed by atoms with Gasteiger partial charge in [-0.1, -0.05) is 29.8 Å². The number of rotatable bonds is 4.